The lowest BCUT2D eigenvalue weighted by atomic mass is 10.0. The predicted molar refractivity (Wildman–Crippen MR) is 68.7 cm³/mol. The number of imide groups is 1. The van der Waals surface area contributed by atoms with Crippen molar-refractivity contribution in [2.24, 2.45) is 0 Å². The van der Waals surface area contributed by atoms with E-state index in [4.69, 9.17) is 0 Å². The monoisotopic (exact) mass is 282 g/mol. The summed E-state index contributed by atoms with van der Waals surface area (Å²) in [5, 5.41) is 2.99. The van der Waals surface area contributed by atoms with Gasteiger partial charge in [0.05, 0.1) is 6.04 Å². The molecule has 0 radical (unpaired) electrons. The van der Waals surface area contributed by atoms with Crippen LogP contribution in [0, 0.1) is 11.6 Å². The van der Waals surface area contributed by atoms with Crippen molar-refractivity contribution in [3.63, 3.8) is 0 Å². The largest absolute Gasteiger partial charge is 0.299 e. The van der Waals surface area contributed by atoms with Crippen LogP contribution in [0.5, 0.6) is 0 Å². The summed E-state index contributed by atoms with van der Waals surface area (Å²) in [5.74, 6) is -1.83. The van der Waals surface area contributed by atoms with E-state index in [1.165, 1.54) is 19.2 Å². The Morgan fingerprint density at radius 3 is 2.70 bits per heavy atom. The highest BCUT2D eigenvalue weighted by atomic mass is 19.1. The molecule has 1 aliphatic heterocycles. The zero-order valence-electron chi connectivity index (χ0n) is 11.3. The first-order chi connectivity index (χ1) is 9.40. The van der Waals surface area contributed by atoms with Crippen molar-refractivity contribution in [1.82, 2.24) is 10.2 Å². The molecule has 6 heteroatoms. The lowest BCUT2D eigenvalue weighted by Gasteiger charge is -2.30. The Kier molecular flexibility index (Phi) is 4.13. The van der Waals surface area contributed by atoms with E-state index in [-0.39, 0.29) is 18.2 Å². The van der Waals surface area contributed by atoms with E-state index in [9.17, 15) is 18.4 Å². The summed E-state index contributed by atoms with van der Waals surface area (Å²) >= 11 is 0. The molecule has 1 saturated heterocycles. The topological polar surface area (TPSA) is 49.4 Å². The number of halogens is 2. The molecular weight excluding hydrogens is 266 g/mol. The summed E-state index contributed by atoms with van der Waals surface area (Å²) in [4.78, 5) is 24.4. The van der Waals surface area contributed by atoms with E-state index < -0.39 is 23.7 Å². The van der Waals surface area contributed by atoms with E-state index in [1.807, 2.05) is 0 Å². The van der Waals surface area contributed by atoms with Crippen LogP contribution in [0.15, 0.2) is 18.2 Å². The Labute approximate surface area is 115 Å². The molecule has 2 unspecified atom stereocenters. The molecule has 108 valence electrons. The number of piperidine rings is 1. The minimum absolute atomic E-state index is 0.214. The molecule has 1 N–H and O–H groups in total. The van der Waals surface area contributed by atoms with E-state index in [0.717, 1.165) is 11.0 Å². The summed E-state index contributed by atoms with van der Waals surface area (Å²) in [6.07, 6.45) is 0.660. The standard InChI is InChI=1S/C14H16F2N2O2/c1-8(10-4-3-9(15)7-11(10)16)17-12-5-6-13(19)18(2)14(12)20/h3-4,7-8,12,17H,5-6H2,1-2H3. The predicted octanol–water partition coefficient (Wildman–Crippen LogP) is 1.76. The molecule has 1 aromatic carbocycles. The normalized spacial score (nSPS) is 21.2. The second kappa shape index (κ2) is 5.66. The van der Waals surface area contributed by atoms with Crippen LogP contribution in [-0.4, -0.2) is 29.8 Å². The van der Waals surface area contributed by atoms with Crippen molar-refractivity contribution >= 4 is 11.8 Å². The summed E-state index contributed by atoms with van der Waals surface area (Å²) in [6, 6.07) is 2.36. The van der Waals surface area contributed by atoms with Gasteiger partial charge < -0.3 is 0 Å². The first-order valence-corrected chi connectivity index (χ1v) is 6.41. The lowest BCUT2D eigenvalue weighted by molar-refractivity contribution is -0.148. The van der Waals surface area contributed by atoms with Gasteiger partial charge in [-0.15, -0.1) is 0 Å². The fourth-order valence-corrected chi connectivity index (χ4v) is 2.31. The molecule has 0 spiro atoms. The van der Waals surface area contributed by atoms with Crippen LogP contribution in [-0.2, 0) is 9.59 Å². The third-order valence-electron chi connectivity index (χ3n) is 3.53. The number of hydrogen-bond acceptors (Lipinski definition) is 3. The van der Waals surface area contributed by atoms with Crippen molar-refractivity contribution < 1.29 is 18.4 Å². The molecule has 0 saturated carbocycles. The van der Waals surface area contributed by atoms with Crippen molar-refractivity contribution in [2.45, 2.75) is 31.8 Å². The van der Waals surface area contributed by atoms with Gasteiger partial charge in [0.1, 0.15) is 11.6 Å². The highest BCUT2D eigenvalue weighted by Gasteiger charge is 2.32. The molecule has 1 aromatic rings. The smallest absolute Gasteiger partial charge is 0.246 e. The summed E-state index contributed by atoms with van der Waals surface area (Å²) in [7, 11) is 1.43. The van der Waals surface area contributed by atoms with Gasteiger partial charge in [0, 0.05) is 31.1 Å². The second-order valence-electron chi connectivity index (χ2n) is 4.94. The molecule has 1 heterocycles. The van der Waals surface area contributed by atoms with Gasteiger partial charge in [-0.1, -0.05) is 6.07 Å². The maximum atomic E-state index is 13.7. The maximum Gasteiger partial charge on any atom is 0.246 e. The number of nitrogens with one attached hydrogen (secondary N) is 1. The van der Waals surface area contributed by atoms with Gasteiger partial charge in [-0.2, -0.15) is 0 Å². The number of rotatable bonds is 3. The zero-order chi connectivity index (χ0) is 14.9. The molecule has 1 aliphatic rings. The molecule has 4 nitrogen and oxygen atoms in total. The Morgan fingerprint density at radius 2 is 2.05 bits per heavy atom. The van der Waals surface area contributed by atoms with E-state index >= 15 is 0 Å². The first-order valence-electron chi connectivity index (χ1n) is 6.41. The van der Waals surface area contributed by atoms with Crippen LogP contribution < -0.4 is 5.32 Å². The second-order valence-corrected chi connectivity index (χ2v) is 4.94. The van der Waals surface area contributed by atoms with Crippen molar-refractivity contribution in [1.29, 1.82) is 0 Å². The van der Waals surface area contributed by atoms with Crippen LogP contribution in [0.2, 0.25) is 0 Å². The Bertz CT molecular complexity index is 548. The molecule has 20 heavy (non-hydrogen) atoms. The van der Waals surface area contributed by atoms with Gasteiger partial charge in [0.15, 0.2) is 0 Å². The fraction of sp³-hybridized carbons (Fsp3) is 0.429. The number of amides is 2. The van der Waals surface area contributed by atoms with Crippen LogP contribution in [0.4, 0.5) is 8.78 Å². The summed E-state index contributed by atoms with van der Waals surface area (Å²) < 4.78 is 26.5. The van der Waals surface area contributed by atoms with E-state index in [0.29, 0.717) is 12.0 Å². The molecule has 2 amide bonds. The van der Waals surface area contributed by atoms with E-state index in [2.05, 4.69) is 5.32 Å². The Hall–Kier alpha value is -1.82. The molecule has 0 bridgehead atoms. The minimum Gasteiger partial charge on any atom is -0.299 e. The highest BCUT2D eigenvalue weighted by Crippen LogP contribution is 2.20. The van der Waals surface area contributed by atoms with Gasteiger partial charge in [0.25, 0.3) is 0 Å². The van der Waals surface area contributed by atoms with Crippen molar-refractivity contribution in [2.75, 3.05) is 7.05 Å². The first kappa shape index (κ1) is 14.6. The number of benzene rings is 1. The Balaban J connectivity index is 2.09. The highest BCUT2D eigenvalue weighted by molar-refractivity contribution is 6.00. The number of nitrogens with zero attached hydrogens (tertiary/aromatic N) is 1. The summed E-state index contributed by atoms with van der Waals surface area (Å²) in [5.41, 5.74) is 0.291. The van der Waals surface area contributed by atoms with Gasteiger partial charge in [-0.05, 0) is 19.4 Å². The molecule has 2 rings (SSSR count). The number of hydrogen-bond donors (Lipinski definition) is 1. The van der Waals surface area contributed by atoms with Gasteiger partial charge in [-0.25, -0.2) is 8.78 Å². The van der Waals surface area contributed by atoms with Crippen molar-refractivity contribution in [3.05, 3.63) is 35.4 Å². The van der Waals surface area contributed by atoms with Crippen LogP contribution >= 0.6 is 0 Å². The van der Waals surface area contributed by atoms with Crippen LogP contribution in [0.25, 0.3) is 0 Å². The average molecular weight is 282 g/mol. The zero-order valence-corrected chi connectivity index (χ0v) is 11.3. The fourth-order valence-electron chi connectivity index (χ4n) is 2.31. The molecule has 0 aliphatic carbocycles. The SMILES string of the molecule is CC(NC1CCC(=O)N(C)C1=O)c1ccc(F)cc1F. The summed E-state index contributed by atoms with van der Waals surface area (Å²) in [6.45, 7) is 1.69. The number of likely N-dealkylation sites (N-methyl/N-ethyl adjacent to an activating group) is 1. The van der Waals surface area contributed by atoms with E-state index in [1.54, 1.807) is 6.92 Å². The van der Waals surface area contributed by atoms with Crippen LogP contribution in [0.1, 0.15) is 31.4 Å². The average Bonchev–Trinajstić information content (AvgIpc) is 2.39. The molecular formula is C14H16F2N2O2. The third-order valence-corrected chi connectivity index (χ3v) is 3.53. The molecule has 2 atom stereocenters. The van der Waals surface area contributed by atoms with Crippen molar-refractivity contribution in [3.8, 4) is 0 Å². The lowest BCUT2D eigenvalue weighted by Crippen LogP contribution is -2.51. The minimum atomic E-state index is -0.655. The quantitative estimate of drug-likeness (QED) is 0.859. The Morgan fingerprint density at radius 1 is 1.35 bits per heavy atom. The number of carbonyl (C=O) groups excluding carboxylic acids is 2. The van der Waals surface area contributed by atoms with Gasteiger partial charge in [-0.3, -0.25) is 19.8 Å². The third kappa shape index (κ3) is 2.85. The molecule has 0 aromatic heterocycles. The maximum absolute atomic E-state index is 13.7. The number of likely N-dealkylation sites (tertiary alicyclic amines) is 1. The van der Waals surface area contributed by atoms with Gasteiger partial charge in [0.2, 0.25) is 11.8 Å². The molecule has 1 fully saturated rings. The van der Waals surface area contributed by atoms with Crippen LogP contribution in [0.3, 0.4) is 0 Å². The number of carbonyl (C=O) groups is 2. The van der Waals surface area contributed by atoms with Gasteiger partial charge >= 0.3 is 0 Å².